The van der Waals surface area contributed by atoms with Crippen LogP contribution in [0.2, 0.25) is 5.02 Å². The number of carboxylic acid groups (broad SMARTS) is 1. The zero-order valence-electron chi connectivity index (χ0n) is 16.2. The third-order valence-corrected chi connectivity index (χ3v) is 7.06. The van der Waals surface area contributed by atoms with Crippen molar-refractivity contribution in [2.24, 2.45) is 0 Å². The summed E-state index contributed by atoms with van der Waals surface area (Å²) in [6.07, 6.45) is 4.57. The summed E-state index contributed by atoms with van der Waals surface area (Å²) in [4.78, 5) is 19.2. The van der Waals surface area contributed by atoms with E-state index in [1.165, 1.54) is 36.4 Å². The zero-order chi connectivity index (χ0) is 20.4. The molecule has 0 unspecified atom stereocenters. The lowest BCUT2D eigenvalue weighted by atomic mass is 10.1. The summed E-state index contributed by atoms with van der Waals surface area (Å²) in [6.45, 7) is 1.75. The Morgan fingerprint density at radius 1 is 1.41 bits per heavy atom. The molecule has 152 valence electrons. The van der Waals surface area contributed by atoms with Crippen molar-refractivity contribution in [1.29, 1.82) is 0 Å². The maximum Gasteiger partial charge on any atom is 0.337 e. The molecule has 1 aliphatic rings. The molecule has 3 heterocycles. The predicted octanol–water partition coefficient (Wildman–Crippen LogP) is 5.24. The van der Waals surface area contributed by atoms with E-state index < -0.39 is 5.97 Å². The van der Waals surface area contributed by atoms with E-state index in [-0.39, 0.29) is 11.7 Å². The van der Waals surface area contributed by atoms with Crippen molar-refractivity contribution < 1.29 is 14.6 Å². The number of fused-ring (bicyclic) bond motifs is 1. The number of hydrogen-bond acceptors (Lipinski definition) is 5. The minimum atomic E-state index is -0.953. The van der Waals surface area contributed by atoms with E-state index in [1.807, 2.05) is 30.3 Å². The lowest BCUT2D eigenvalue weighted by molar-refractivity contribution is 0.0681. The van der Waals surface area contributed by atoms with Gasteiger partial charge in [-0.3, -0.25) is 4.98 Å². The Hall–Kier alpha value is -1.99. The van der Waals surface area contributed by atoms with Crippen LogP contribution < -0.4 is 0 Å². The number of aromatic carboxylic acids is 1. The first-order valence-electron chi connectivity index (χ1n) is 9.72. The monoisotopic (exact) mass is 430 g/mol. The highest BCUT2D eigenvalue weighted by molar-refractivity contribution is 7.19. The number of halogens is 1. The van der Waals surface area contributed by atoms with Gasteiger partial charge in [0.2, 0.25) is 0 Å². The molecule has 1 N–H and O–H groups in total. The van der Waals surface area contributed by atoms with E-state index in [9.17, 15) is 9.90 Å². The van der Waals surface area contributed by atoms with Crippen LogP contribution in [0.5, 0.6) is 0 Å². The van der Waals surface area contributed by atoms with Crippen molar-refractivity contribution in [2.75, 3.05) is 20.2 Å². The first kappa shape index (κ1) is 20.3. The smallest absolute Gasteiger partial charge is 0.337 e. The summed E-state index contributed by atoms with van der Waals surface area (Å²) in [5, 5.41) is 10.1. The van der Waals surface area contributed by atoms with Gasteiger partial charge >= 0.3 is 5.97 Å². The molecule has 29 heavy (non-hydrogen) atoms. The summed E-state index contributed by atoms with van der Waals surface area (Å²) in [5.74, 6) is -0.953. The maximum atomic E-state index is 11.6. The predicted molar refractivity (Wildman–Crippen MR) is 116 cm³/mol. The molecule has 0 radical (unpaired) electrons. The molecule has 0 spiro atoms. The second-order valence-electron chi connectivity index (χ2n) is 7.36. The number of ether oxygens (including phenoxy) is 1. The van der Waals surface area contributed by atoms with E-state index in [1.54, 1.807) is 0 Å². The summed E-state index contributed by atoms with van der Waals surface area (Å²) in [6, 6.07) is 11.7. The van der Waals surface area contributed by atoms with Crippen LogP contribution in [-0.2, 0) is 4.74 Å². The third kappa shape index (κ3) is 4.31. The van der Waals surface area contributed by atoms with E-state index in [0.29, 0.717) is 27.9 Å². The van der Waals surface area contributed by atoms with Crippen molar-refractivity contribution in [3.8, 4) is 0 Å². The molecule has 4 rings (SSSR count). The van der Waals surface area contributed by atoms with Crippen molar-refractivity contribution in [3.05, 3.63) is 63.6 Å². The molecule has 5 nitrogen and oxygen atoms in total. The number of carbonyl (C=O) groups is 1. The summed E-state index contributed by atoms with van der Waals surface area (Å²) < 4.78 is 7.02. The van der Waals surface area contributed by atoms with Crippen molar-refractivity contribution in [3.63, 3.8) is 0 Å². The summed E-state index contributed by atoms with van der Waals surface area (Å²) in [7, 11) is 2.16. The molecular formula is C22H23ClN2O3S. The Morgan fingerprint density at radius 3 is 2.97 bits per heavy atom. The van der Waals surface area contributed by atoms with E-state index in [2.05, 4.69) is 16.9 Å². The molecule has 7 heteroatoms. The number of benzene rings is 1. The van der Waals surface area contributed by atoms with Crippen molar-refractivity contribution in [2.45, 2.75) is 31.4 Å². The second-order valence-corrected chi connectivity index (χ2v) is 8.86. The quantitative estimate of drug-likeness (QED) is 0.555. The van der Waals surface area contributed by atoms with Crippen LogP contribution in [0.3, 0.4) is 0 Å². The normalized spacial score (nSPS) is 18.3. The summed E-state index contributed by atoms with van der Waals surface area (Å²) >= 11 is 7.89. The number of rotatable bonds is 7. The second kappa shape index (κ2) is 8.79. The SMILES string of the molecule is CN1CCC[C@H]1CCO[C@@H](c1cc2nccc(C(=O)O)c2s1)c1ccccc1Cl. The minimum Gasteiger partial charge on any atom is -0.478 e. The van der Waals surface area contributed by atoms with Crippen LogP contribution in [0.15, 0.2) is 42.6 Å². The first-order chi connectivity index (χ1) is 14.0. The molecular weight excluding hydrogens is 408 g/mol. The van der Waals surface area contributed by atoms with Gasteiger partial charge < -0.3 is 14.7 Å². The molecule has 1 saturated heterocycles. The molecule has 0 amide bonds. The van der Waals surface area contributed by atoms with Gasteiger partial charge in [-0.25, -0.2) is 4.79 Å². The van der Waals surface area contributed by atoms with Gasteiger partial charge in [0, 0.05) is 34.3 Å². The fourth-order valence-corrected chi connectivity index (χ4v) is 5.36. The highest BCUT2D eigenvalue weighted by Crippen LogP contribution is 2.38. The molecule has 0 saturated carbocycles. The number of carboxylic acids is 1. The van der Waals surface area contributed by atoms with Gasteiger partial charge in [0.1, 0.15) is 6.10 Å². The van der Waals surface area contributed by atoms with Gasteiger partial charge in [0.05, 0.1) is 15.8 Å². The topological polar surface area (TPSA) is 62.7 Å². The molecule has 1 fully saturated rings. The summed E-state index contributed by atoms with van der Waals surface area (Å²) in [5.41, 5.74) is 1.81. The Kier molecular flexibility index (Phi) is 6.15. The van der Waals surface area contributed by atoms with Gasteiger partial charge in [-0.1, -0.05) is 29.8 Å². The van der Waals surface area contributed by atoms with Crippen LogP contribution in [0.25, 0.3) is 10.2 Å². The Morgan fingerprint density at radius 2 is 2.24 bits per heavy atom. The molecule has 3 aromatic rings. The van der Waals surface area contributed by atoms with E-state index in [0.717, 1.165) is 23.4 Å². The van der Waals surface area contributed by atoms with E-state index >= 15 is 0 Å². The Balaban J connectivity index is 1.65. The van der Waals surface area contributed by atoms with Crippen molar-refractivity contribution in [1.82, 2.24) is 9.88 Å². The Labute approximate surface area is 178 Å². The number of hydrogen-bond donors (Lipinski definition) is 1. The molecule has 2 aromatic heterocycles. The van der Waals surface area contributed by atoms with Gasteiger partial charge in [-0.2, -0.15) is 0 Å². The Bertz CT molecular complexity index is 1020. The van der Waals surface area contributed by atoms with Crippen molar-refractivity contribution >= 4 is 39.1 Å². The molecule has 2 atom stereocenters. The molecule has 0 bridgehead atoms. The number of aromatic nitrogens is 1. The fraction of sp³-hybridized carbons (Fsp3) is 0.364. The lowest BCUT2D eigenvalue weighted by Gasteiger charge is -2.22. The average molecular weight is 431 g/mol. The van der Waals surface area contributed by atoms with Gasteiger partial charge in [0.15, 0.2) is 0 Å². The standard InChI is InChI=1S/C22H23ClN2O3S/c1-25-11-4-5-14(25)9-12-28-20(15-6-2-3-7-17(15)23)19-13-18-21(29-19)16(22(26)27)8-10-24-18/h2-3,6-8,10,13-14,20H,4-5,9,11-12H2,1H3,(H,26,27)/t14-,20+/m0/s1. The molecule has 0 aliphatic carbocycles. The average Bonchev–Trinajstić information content (AvgIpc) is 3.31. The highest BCUT2D eigenvalue weighted by Gasteiger charge is 2.24. The number of likely N-dealkylation sites (tertiary alicyclic amines) is 1. The van der Waals surface area contributed by atoms with Crippen LogP contribution in [0.1, 0.15) is 46.2 Å². The number of pyridine rings is 1. The van der Waals surface area contributed by atoms with Crippen LogP contribution >= 0.6 is 22.9 Å². The molecule has 1 aliphatic heterocycles. The van der Waals surface area contributed by atoms with Crippen LogP contribution in [-0.4, -0.2) is 47.2 Å². The van der Waals surface area contributed by atoms with Gasteiger partial charge in [0.25, 0.3) is 0 Å². The minimum absolute atomic E-state index is 0.261. The fourth-order valence-electron chi connectivity index (χ4n) is 3.93. The zero-order valence-corrected chi connectivity index (χ0v) is 17.7. The first-order valence-corrected chi connectivity index (χ1v) is 10.9. The van der Waals surface area contributed by atoms with Gasteiger partial charge in [-0.05, 0) is 51.1 Å². The van der Waals surface area contributed by atoms with Crippen LogP contribution in [0.4, 0.5) is 0 Å². The maximum absolute atomic E-state index is 11.6. The lowest BCUT2D eigenvalue weighted by Crippen LogP contribution is -2.26. The van der Waals surface area contributed by atoms with E-state index in [4.69, 9.17) is 16.3 Å². The highest BCUT2D eigenvalue weighted by atomic mass is 35.5. The van der Waals surface area contributed by atoms with Crippen LogP contribution in [0, 0.1) is 0 Å². The third-order valence-electron chi connectivity index (χ3n) is 5.51. The number of nitrogens with zero attached hydrogens (tertiary/aromatic N) is 2. The largest absolute Gasteiger partial charge is 0.478 e. The number of thiophene rings is 1. The van der Waals surface area contributed by atoms with Gasteiger partial charge in [-0.15, -0.1) is 11.3 Å². The molecule has 1 aromatic carbocycles.